The van der Waals surface area contributed by atoms with E-state index in [0.29, 0.717) is 5.69 Å². The Bertz CT molecular complexity index is 496. The van der Waals surface area contributed by atoms with Gasteiger partial charge in [-0.2, -0.15) is 0 Å². The first kappa shape index (κ1) is 13.3. The number of nitrogens with one attached hydrogen (secondary N) is 1. The molecular weight excluding hydrogens is 246 g/mol. The second kappa shape index (κ2) is 5.69. The van der Waals surface area contributed by atoms with Crippen LogP contribution in [-0.4, -0.2) is 23.9 Å². The highest BCUT2D eigenvalue weighted by Gasteiger charge is 2.25. The molecule has 1 N–H and O–H groups in total. The normalized spacial score (nSPS) is 15.1. The lowest BCUT2D eigenvalue weighted by Gasteiger charge is -2.28. The number of rotatable bonds is 3. The van der Waals surface area contributed by atoms with Crippen LogP contribution in [0.25, 0.3) is 0 Å². The van der Waals surface area contributed by atoms with Gasteiger partial charge in [0.15, 0.2) is 0 Å². The molecule has 1 aromatic carbocycles. The van der Waals surface area contributed by atoms with Gasteiger partial charge in [0.25, 0.3) is 0 Å². The van der Waals surface area contributed by atoms with Crippen molar-refractivity contribution in [2.24, 2.45) is 0 Å². The van der Waals surface area contributed by atoms with Gasteiger partial charge >= 0.3 is 5.69 Å². The summed E-state index contributed by atoms with van der Waals surface area (Å²) >= 11 is 0. The van der Waals surface area contributed by atoms with E-state index in [1.165, 1.54) is 6.92 Å². The fraction of sp³-hybridized carbons (Fsp3) is 0.462. The fourth-order valence-corrected chi connectivity index (χ4v) is 2.40. The highest BCUT2D eigenvalue weighted by atomic mass is 16.6. The number of benzene rings is 1. The minimum absolute atomic E-state index is 0.0143. The topological polar surface area (TPSA) is 75.5 Å². The molecule has 2 rings (SSSR count). The minimum Gasteiger partial charge on any atom is -0.366 e. The second-order valence-electron chi connectivity index (χ2n) is 4.66. The average Bonchev–Trinajstić information content (AvgIpc) is 2.38. The third kappa shape index (κ3) is 3.01. The first-order chi connectivity index (χ1) is 9.09. The number of nitro benzene ring substituents is 1. The van der Waals surface area contributed by atoms with Crippen LogP contribution in [0.3, 0.4) is 0 Å². The Morgan fingerprint density at radius 3 is 2.58 bits per heavy atom. The molecule has 0 bridgehead atoms. The van der Waals surface area contributed by atoms with Crippen LogP contribution in [0, 0.1) is 10.1 Å². The number of nitrogens with zero attached hydrogens (tertiary/aromatic N) is 2. The van der Waals surface area contributed by atoms with Crippen LogP contribution < -0.4 is 10.2 Å². The summed E-state index contributed by atoms with van der Waals surface area (Å²) in [5.41, 5.74) is 0.844. The van der Waals surface area contributed by atoms with E-state index in [1.54, 1.807) is 18.2 Å². The molecule has 1 amide bonds. The smallest absolute Gasteiger partial charge is 0.315 e. The molecule has 0 radical (unpaired) electrons. The molecule has 102 valence electrons. The highest BCUT2D eigenvalue weighted by molar-refractivity contribution is 5.93. The van der Waals surface area contributed by atoms with Crippen LogP contribution >= 0.6 is 0 Å². The highest BCUT2D eigenvalue weighted by Crippen LogP contribution is 2.36. The Morgan fingerprint density at radius 2 is 2.00 bits per heavy atom. The SMILES string of the molecule is CC(=O)Nc1cccc(N2CCCCC2)c1[N+](=O)[O-]. The lowest BCUT2D eigenvalue weighted by molar-refractivity contribution is -0.383. The Balaban J connectivity index is 2.41. The number of amides is 1. The number of anilines is 2. The number of hydrogen-bond donors (Lipinski definition) is 1. The first-order valence-corrected chi connectivity index (χ1v) is 6.39. The zero-order chi connectivity index (χ0) is 13.8. The molecule has 0 unspecified atom stereocenters. The zero-order valence-electron chi connectivity index (χ0n) is 10.9. The molecule has 1 aromatic rings. The predicted molar refractivity (Wildman–Crippen MR) is 73.5 cm³/mol. The number of piperidine rings is 1. The average molecular weight is 263 g/mol. The maximum absolute atomic E-state index is 11.3. The lowest BCUT2D eigenvalue weighted by atomic mass is 10.1. The monoisotopic (exact) mass is 263 g/mol. The third-order valence-electron chi connectivity index (χ3n) is 3.20. The first-order valence-electron chi connectivity index (χ1n) is 6.39. The van der Waals surface area contributed by atoms with E-state index in [9.17, 15) is 14.9 Å². The molecule has 19 heavy (non-hydrogen) atoms. The Kier molecular flexibility index (Phi) is 3.99. The Morgan fingerprint density at radius 1 is 1.32 bits per heavy atom. The van der Waals surface area contributed by atoms with E-state index in [1.807, 2.05) is 4.90 Å². The van der Waals surface area contributed by atoms with Gasteiger partial charge in [-0.25, -0.2) is 0 Å². The summed E-state index contributed by atoms with van der Waals surface area (Å²) in [5, 5.41) is 13.8. The van der Waals surface area contributed by atoms with E-state index in [-0.39, 0.29) is 17.3 Å². The number of carbonyl (C=O) groups is 1. The van der Waals surface area contributed by atoms with Crippen LogP contribution in [0.5, 0.6) is 0 Å². The number of para-hydroxylation sites is 1. The summed E-state index contributed by atoms with van der Waals surface area (Å²) in [6.07, 6.45) is 3.25. The van der Waals surface area contributed by atoms with E-state index in [4.69, 9.17) is 0 Å². The molecule has 0 spiro atoms. The number of hydrogen-bond acceptors (Lipinski definition) is 4. The number of carbonyl (C=O) groups excluding carboxylic acids is 1. The molecule has 1 aliphatic heterocycles. The van der Waals surface area contributed by atoms with Crippen LogP contribution in [-0.2, 0) is 4.79 Å². The molecule has 6 heteroatoms. The molecule has 1 aliphatic rings. The summed E-state index contributed by atoms with van der Waals surface area (Å²) in [5.74, 6) is -0.307. The van der Waals surface area contributed by atoms with Crippen molar-refractivity contribution >= 4 is 23.0 Å². The predicted octanol–water partition coefficient (Wildman–Crippen LogP) is 2.54. The molecular formula is C13H17N3O3. The van der Waals surface area contributed by atoms with Crippen molar-refractivity contribution in [3.05, 3.63) is 28.3 Å². The van der Waals surface area contributed by atoms with Crippen molar-refractivity contribution < 1.29 is 9.72 Å². The molecule has 1 heterocycles. The summed E-state index contributed by atoms with van der Waals surface area (Å²) in [4.78, 5) is 24.0. The second-order valence-corrected chi connectivity index (χ2v) is 4.66. The molecule has 1 saturated heterocycles. The van der Waals surface area contributed by atoms with Crippen molar-refractivity contribution in [2.75, 3.05) is 23.3 Å². The van der Waals surface area contributed by atoms with Gasteiger partial charge in [-0.15, -0.1) is 0 Å². The zero-order valence-corrected chi connectivity index (χ0v) is 10.9. The molecule has 6 nitrogen and oxygen atoms in total. The standard InChI is InChI=1S/C13H17N3O3/c1-10(17)14-11-6-5-7-12(13(11)16(18)19)15-8-3-2-4-9-15/h5-7H,2-4,8-9H2,1H3,(H,14,17). The van der Waals surface area contributed by atoms with Crippen LogP contribution in [0.4, 0.5) is 17.1 Å². The van der Waals surface area contributed by atoms with E-state index < -0.39 is 4.92 Å². The minimum atomic E-state index is -0.421. The van der Waals surface area contributed by atoms with Gasteiger partial charge < -0.3 is 10.2 Å². The molecule has 0 saturated carbocycles. The third-order valence-corrected chi connectivity index (χ3v) is 3.20. The van der Waals surface area contributed by atoms with Crippen LogP contribution in [0.15, 0.2) is 18.2 Å². The van der Waals surface area contributed by atoms with Gasteiger partial charge in [0.2, 0.25) is 5.91 Å². The van der Waals surface area contributed by atoms with Gasteiger partial charge in [-0.1, -0.05) is 6.07 Å². The van der Waals surface area contributed by atoms with E-state index in [0.717, 1.165) is 32.4 Å². The van der Waals surface area contributed by atoms with Crippen molar-refractivity contribution in [2.45, 2.75) is 26.2 Å². The van der Waals surface area contributed by atoms with E-state index >= 15 is 0 Å². The summed E-state index contributed by atoms with van der Waals surface area (Å²) in [6, 6.07) is 5.05. The molecule has 1 fully saturated rings. The van der Waals surface area contributed by atoms with Crippen molar-refractivity contribution in [1.29, 1.82) is 0 Å². The van der Waals surface area contributed by atoms with Gasteiger partial charge in [-0.3, -0.25) is 14.9 Å². The van der Waals surface area contributed by atoms with Gasteiger partial charge in [-0.05, 0) is 31.4 Å². The Hall–Kier alpha value is -2.11. The molecule has 0 aromatic heterocycles. The fourth-order valence-electron chi connectivity index (χ4n) is 2.40. The quantitative estimate of drug-likeness (QED) is 0.671. The van der Waals surface area contributed by atoms with Crippen LogP contribution in [0.2, 0.25) is 0 Å². The van der Waals surface area contributed by atoms with Crippen molar-refractivity contribution in [3.63, 3.8) is 0 Å². The van der Waals surface area contributed by atoms with E-state index in [2.05, 4.69) is 5.32 Å². The Labute approximate surface area is 111 Å². The number of nitro groups is 1. The van der Waals surface area contributed by atoms with Gasteiger partial charge in [0, 0.05) is 20.0 Å². The molecule has 0 atom stereocenters. The van der Waals surface area contributed by atoms with Gasteiger partial charge in [0.1, 0.15) is 11.4 Å². The lowest BCUT2D eigenvalue weighted by Crippen LogP contribution is -2.30. The maximum Gasteiger partial charge on any atom is 0.315 e. The summed E-state index contributed by atoms with van der Waals surface area (Å²) < 4.78 is 0. The summed E-state index contributed by atoms with van der Waals surface area (Å²) in [6.45, 7) is 2.99. The van der Waals surface area contributed by atoms with Crippen LogP contribution in [0.1, 0.15) is 26.2 Å². The largest absolute Gasteiger partial charge is 0.366 e. The van der Waals surface area contributed by atoms with Crippen molar-refractivity contribution in [1.82, 2.24) is 0 Å². The summed E-state index contributed by atoms with van der Waals surface area (Å²) in [7, 11) is 0. The van der Waals surface area contributed by atoms with Crippen molar-refractivity contribution in [3.8, 4) is 0 Å². The van der Waals surface area contributed by atoms with Gasteiger partial charge in [0.05, 0.1) is 4.92 Å². The maximum atomic E-state index is 11.3. The molecule has 0 aliphatic carbocycles.